The maximum Gasteiger partial charge on any atom is 0.416 e. The van der Waals surface area contributed by atoms with Crippen molar-refractivity contribution in [2.75, 3.05) is 4.72 Å². The summed E-state index contributed by atoms with van der Waals surface area (Å²) in [5.41, 5.74) is 0.768. The fourth-order valence-corrected chi connectivity index (χ4v) is 5.05. The van der Waals surface area contributed by atoms with Gasteiger partial charge in [0.25, 0.3) is 10.0 Å². The van der Waals surface area contributed by atoms with Gasteiger partial charge in [-0.2, -0.15) is 13.2 Å². The van der Waals surface area contributed by atoms with Crippen molar-refractivity contribution in [2.45, 2.75) is 36.9 Å². The molecular weight excluding hydrogens is 507 g/mol. The Morgan fingerprint density at radius 1 is 1.05 bits per heavy atom. The van der Waals surface area contributed by atoms with Gasteiger partial charge in [-0.15, -0.1) is 0 Å². The first-order valence-electron chi connectivity index (χ1n) is 11.5. The number of carbonyl (C=O) groups is 1. The summed E-state index contributed by atoms with van der Waals surface area (Å²) in [4.78, 5) is 10.7. The predicted octanol–water partition coefficient (Wildman–Crippen LogP) is 6.14. The average Bonchev–Trinajstić information content (AvgIpc) is 3.66. The molecule has 0 aliphatic heterocycles. The van der Waals surface area contributed by atoms with E-state index in [9.17, 15) is 26.4 Å². The van der Waals surface area contributed by atoms with Crippen LogP contribution in [-0.4, -0.2) is 19.5 Å². The molecule has 2 N–H and O–H groups in total. The van der Waals surface area contributed by atoms with Gasteiger partial charge in [0.15, 0.2) is 0 Å². The highest BCUT2D eigenvalue weighted by molar-refractivity contribution is 7.92. The molecule has 1 aliphatic rings. The SMILES string of the molecule is O=C(O)/C=C/c1ccc(COc2cc(C(F)(F)F)ccc2NS(=O)(=O)c2ccccc2CC2CC2)cc1. The molecule has 194 valence electrons. The lowest BCUT2D eigenvalue weighted by Gasteiger charge is -2.17. The first kappa shape index (κ1) is 26.3. The number of rotatable bonds is 10. The Bertz CT molecular complexity index is 1410. The summed E-state index contributed by atoms with van der Waals surface area (Å²) in [5, 5.41) is 8.72. The van der Waals surface area contributed by atoms with Crippen molar-refractivity contribution >= 4 is 27.8 Å². The number of carboxylic acids is 1. The highest BCUT2D eigenvalue weighted by atomic mass is 32.2. The van der Waals surface area contributed by atoms with E-state index in [0.29, 0.717) is 29.0 Å². The first-order valence-corrected chi connectivity index (χ1v) is 12.9. The van der Waals surface area contributed by atoms with Crippen LogP contribution in [0.2, 0.25) is 0 Å². The second-order valence-electron chi connectivity index (χ2n) is 8.77. The van der Waals surface area contributed by atoms with E-state index in [1.165, 1.54) is 12.1 Å². The molecule has 0 aromatic heterocycles. The number of alkyl halides is 3. The molecule has 6 nitrogen and oxygen atoms in total. The van der Waals surface area contributed by atoms with Crippen LogP contribution in [0, 0.1) is 5.92 Å². The van der Waals surface area contributed by atoms with E-state index >= 15 is 0 Å². The minimum Gasteiger partial charge on any atom is -0.487 e. The van der Waals surface area contributed by atoms with E-state index in [4.69, 9.17) is 9.84 Å². The number of halogens is 3. The summed E-state index contributed by atoms with van der Waals surface area (Å²) in [6.45, 7) is -0.142. The van der Waals surface area contributed by atoms with E-state index in [2.05, 4.69) is 4.72 Å². The summed E-state index contributed by atoms with van der Waals surface area (Å²) >= 11 is 0. The molecule has 0 atom stereocenters. The molecule has 10 heteroatoms. The minimum absolute atomic E-state index is 0.0813. The topological polar surface area (TPSA) is 92.7 Å². The van der Waals surface area contributed by atoms with Crippen LogP contribution < -0.4 is 9.46 Å². The number of nitrogens with one attached hydrogen (secondary N) is 1. The van der Waals surface area contributed by atoms with Crippen LogP contribution in [0.1, 0.15) is 35.1 Å². The molecule has 1 fully saturated rings. The molecule has 0 spiro atoms. The van der Waals surface area contributed by atoms with Gasteiger partial charge in [-0.25, -0.2) is 13.2 Å². The van der Waals surface area contributed by atoms with Crippen LogP contribution in [0.5, 0.6) is 5.75 Å². The van der Waals surface area contributed by atoms with Crippen LogP contribution in [0.3, 0.4) is 0 Å². The van der Waals surface area contributed by atoms with E-state index in [0.717, 1.165) is 37.1 Å². The monoisotopic (exact) mass is 531 g/mol. The summed E-state index contributed by atoms with van der Waals surface area (Å²) in [6.07, 6.45) is 0.420. The lowest BCUT2D eigenvalue weighted by Crippen LogP contribution is -2.16. The number of ether oxygens (including phenoxy) is 1. The lowest BCUT2D eigenvalue weighted by molar-refractivity contribution is -0.137. The third-order valence-electron chi connectivity index (χ3n) is 5.81. The van der Waals surface area contributed by atoms with Crippen molar-refractivity contribution in [1.82, 2.24) is 0 Å². The molecule has 0 bridgehead atoms. The van der Waals surface area contributed by atoms with Crippen LogP contribution >= 0.6 is 0 Å². The number of benzene rings is 3. The van der Waals surface area contributed by atoms with Crippen molar-refractivity contribution in [3.8, 4) is 5.75 Å². The molecule has 4 rings (SSSR count). The summed E-state index contributed by atoms with van der Waals surface area (Å²) in [6, 6.07) is 15.7. The van der Waals surface area contributed by atoms with Crippen molar-refractivity contribution in [1.29, 1.82) is 0 Å². The van der Waals surface area contributed by atoms with Gasteiger partial charge >= 0.3 is 12.1 Å². The molecule has 0 heterocycles. The van der Waals surface area contributed by atoms with Gasteiger partial charge in [-0.3, -0.25) is 4.72 Å². The molecular formula is C27H24F3NO5S. The molecule has 3 aromatic carbocycles. The van der Waals surface area contributed by atoms with Crippen LogP contribution in [-0.2, 0) is 34.0 Å². The van der Waals surface area contributed by atoms with E-state index in [-0.39, 0.29) is 22.9 Å². The zero-order valence-corrected chi connectivity index (χ0v) is 20.4. The smallest absolute Gasteiger partial charge is 0.416 e. The normalized spacial score (nSPS) is 14.0. The number of hydrogen-bond acceptors (Lipinski definition) is 4. The van der Waals surface area contributed by atoms with E-state index in [1.807, 2.05) is 0 Å². The maximum atomic E-state index is 13.4. The van der Waals surface area contributed by atoms with Crippen molar-refractivity contribution < 1.29 is 36.2 Å². The van der Waals surface area contributed by atoms with Gasteiger partial charge in [0, 0.05) is 6.08 Å². The first-order chi connectivity index (χ1) is 17.5. The molecule has 37 heavy (non-hydrogen) atoms. The number of sulfonamides is 1. The Morgan fingerprint density at radius 3 is 2.41 bits per heavy atom. The molecule has 0 saturated heterocycles. The fraction of sp³-hybridized carbons (Fsp3) is 0.222. The van der Waals surface area contributed by atoms with Crippen LogP contribution in [0.25, 0.3) is 6.08 Å². The summed E-state index contributed by atoms with van der Waals surface area (Å²) < 4.78 is 74.7. The molecule has 0 radical (unpaired) electrons. The zero-order chi connectivity index (χ0) is 26.6. The number of anilines is 1. The molecule has 0 amide bonds. The highest BCUT2D eigenvalue weighted by Crippen LogP contribution is 2.38. The molecule has 1 saturated carbocycles. The quantitative estimate of drug-likeness (QED) is 0.307. The number of carboxylic acid groups (broad SMARTS) is 1. The molecule has 1 aliphatic carbocycles. The second-order valence-corrected chi connectivity index (χ2v) is 10.4. The highest BCUT2D eigenvalue weighted by Gasteiger charge is 2.32. The largest absolute Gasteiger partial charge is 0.487 e. The van der Waals surface area contributed by atoms with E-state index in [1.54, 1.807) is 42.5 Å². The van der Waals surface area contributed by atoms with Gasteiger partial charge in [0.1, 0.15) is 12.4 Å². The second kappa shape index (κ2) is 10.7. The van der Waals surface area contributed by atoms with Gasteiger partial charge < -0.3 is 9.84 Å². The molecule has 3 aromatic rings. The van der Waals surface area contributed by atoms with Gasteiger partial charge in [0.2, 0.25) is 0 Å². The van der Waals surface area contributed by atoms with Gasteiger partial charge in [0.05, 0.1) is 16.1 Å². The molecule has 0 unspecified atom stereocenters. The van der Waals surface area contributed by atoms with Crippen molar-refractivity contribution in [2.24, 2.45) is 5.92 Å². The maximum absolute atomic E-state index is 13.4. The van der Waals surface area contributed by atoms with Gasteiger partial charge in [-0.1, -0.05) is 42.5 Å². The Hall–Kier alpha value is -3.79. The van der Waals surface area contributed by atoms with Crippen LogP contribution in [0.4, 0.5) is 18.9 Å². The average molecular weight is 532 g/mol. The number of hydrogen-bond donors (Lipinski definition) is 2. The zero-order valence-electron chi connectivity index (χ0n) is 19.5. The number of aliphatic carboxylic acids is 1. The third kappa shape index (κ3) is 7.13. The Morgan fingerprint density at radius 2 is 1.76 bits per heavy atom. The Balaban J connectivity index is 1.58. The standard InChI is InChI=1S/C27H24F3NO5S/c28-27(29,30)22-12-13-23(31-37(34,35)25-4-2-1-3-21(25)15-19-7-8-19)24(16-22)36-17-20-9-5-18(6-10-20)11-14-26(32)33/h1-6,9-14,16,19,31H,7-8,15,17H2,(H,32,33)/b14-11+. The predicted molar refractivity (Wildman–Crippen MR) is 133 cm³/mol. The van der Waals surface area contributed by atoms with Crippen molar-refractivity contribution in [3.05, 3.63) is 95.1 Å². The Labute approximate surface area is 212 Å². The lowest BCUT2D eigenvalue weighted by atomic mass is 10.1. The fourth-order valence-electron chi connectivity index (χ4n) is 3.72. The van der Waals surface area contributed by atoms with E-state index < -0.39 is 27.7 Å². The summed E-state index contributed by atoms with van der Waals surface area (Å²) in [7, 11) is -4.10. The van der Waals surface area contributed by atoms with Gasteiger partial charge in [-0.05, 0) is 72.2 Å². The third-order valence-corrected chi connectivity index (χ3v) is 7.28. The Kier molecular flexibility index (Phi) is 7.58. The summed E-state index contributed by atoms with van der Waals surface area (Å²) in [5.74, 6) is -0.928. The minimum atomic E-state index is -4.65. The van der Waals surface area contributed by atoms with Crippen LogP contribution in [0.15, 0.2) is 77.7 Å². The van der Waals surface area contributed by atoms with Crippen molar-refractivity contribution in [3.63, 3.8) is 0 Å².